The summed E-state index contributed by atoms with van der Waals surface area (Å²) >= 11 is 0. The standard InChI is InChI=1S/C12H12N2O5/c15-9-4-2-1-3-8(9)11(17)19-7-10(16)14-6-5-13-12(14)18/h1-4,15H,5-7H2,(H,13,18). The average molecular weight is 264 g/mol. The van der Waals surface area contributed by atoms with Crippen molar-refractivity contribution in [2.45, 2.75) is 0 Å². The second-order valence-electron chi connectivity index (χ2n) is 3.87. The summed E-state index contributed by atoms with van der Waals surface area (Å²) in [6.07, 6.45) is 0. The van der Waals surface area contributed by atoms with Crippen molar-refractivity contribution >= 4 is 17.9 Å². The van der Waals surface area contributed by atoms with Crippen LogP contribution in [0.15, 0.2) is 24.3 Å². The molecular weight excluding hydrogens is 252 g/mol. The molecule has 1 saturated heterocycles. The number of urea groups is 1. The van der Waals surface area contributed by atoms with Gasteiger partial charge in [-0.25, -0.2) is 9.59 Å². The summed E-state index contributed by atoms with van der Waals surface area (Å²) in [5.74, 6) is -1.64. The predicted molar refractivity (Wildman–Crippen MR) is 63.5 cm³/mol. The molecule has 0 unspecified atom stereocenters. The molecule has 0 spiro atoms. The highest BCUT2D eigenvalue weighted by Crippen LogP contribution is 2.16. The Hall–Kier alpha value is -2.57. The minimum absolute atomic E-state index is 0.0267. The second-order valence-corrected chi connectivity index (χ2v) is 3.87. The van der Waals surface area contributed by atoms with Gasteiger partial charge in [0, 0.05) is 13.1 Å². The van der Waals surface area contributed by atoms with Gasteiger partial charge in [-0.15, -0.1) is 0 Å². The van der Waals surface area contributed by atoms with Gasteiger partial charge >= 0.3 is 12.0 Å². The summed E-state index contributed by atoms with van der Waals surface area (Å²) in [7, 11) is 0. The molecule has 3 amide bonds. The Morgan fingerprint density at radius 2 is 2.11 bits per heavy atom. The van der Waals surface area contributed by atoms with Crippen LogP contribution in [0.4, 0.5) is 4.79 Å². The van der Waals surface area contributed by atoms with Crippen molar-refractivity contribution in [3.8, 4) is 5.75 Å². The summed E-state index contributed by atoms with van der Waals surface area (Å²) in [5.41, 5.74) is -0.0267. The zero-order valence-electron chi connectivity index (χ0n) is 9.96. The topological polar surface area (TPSA) is 95.9 Å². The summed E-state index contributed by atoms with van der Waals surface area (Å²) in [4.78, 5) is 35.4. The number of carbonyl (C=O) groups is 3. The van der Waals surface area contributed by atoms with Gasteiger partial charge in [-0.3, -0.25) is 9.69 Å². The molecule has 7 nitrogen and oxygen atoms in total. The molecule has 0 saturated carbocycles. The fourth-order valence-corrected chi connectivity index (χ4v) is 1.64. The van der Waals surface area contributed by atoms with E-state index in [-0.39, 0.29) is 17.9 Å². The number of hydrogen-bond donors (Lipinski definition) is 2. The maximum atomic E-state index is 11.6. The molecule has 100 valence electrons. The van der Waals surface area contributed by atoms with E-state index < -0.39 is 24.5 Å². The molecule has 1 aromatic carbocycles. The number of phenols is 1. The van der Waals surface area contributed by atoms with Crippen LogP contribution in [-0.4, -0.2) is 47.6 Å². The average Bonchev–Trinajstić information content (AvgIpc) is 2.82. The van der Waals surface area contributed by atoms with Gasteiger partial charge in [0.2, 0.25) is 0 Å². The monoisotopic (exact) mass is 264 g/mol. The predicted octanol–water partition coefficient (Wildman–Crippen LogP) is 0.101. The molecule has 0 aliphatic carbocycles. The number of benzene rings is 1. The number of imide groups is 1. The number of hydrogen-bond acceptors (Lipinski definition) is 5. The van der Waals surface area contributed by atoms with Gasteiger partial charge in [0.05, 0.1) is 0 Å². The van der Waals surface area contributed by atoms with Crippen LogP contribution < -0.4 is 5.32 Å². The number of esters is 1. The smallest absolute Gasteiger partial charge is 0.342 e. The summed E-state index contributed by atoms with van der Waals surface area (Å²) in [6.45, 7) is 0.102. The van der Waals surface area contributed by atoms with E-state index in [0.717, 1.165) is 4.90 Å². The molecule has 7 heteroatoms. The first-order valence-corrected chi connectivity index (χ1v) is 5.63. The van der Waals surface area contributed by atoms with Crippen molar-refractivity contribution in [2.24, 2.45) is 0 Å². The number of amides is 3. The van der Waals surface area contributed by atoms with Crippen molar-refractivity contribution in [1.29, 1.82) is 0 Å². The Kier molecular flexibility index (Phi) is 3.65. The van der Waals surface area contributed by atoms with Gasteiger partial charge in [0.1, 0.15) is 11.3 Å². The number of nitrogens with one attached hydrogen (secondary N) is 1. The molecule has 1 aliphatic heterocycles. The van der Waals surface area contributed by atoms with E-state index in [1.807, 2.05) is 0 Å². The summed E-state index contributed by atoms with van der Waals surface area (Å²) in [5, 5.41) is 11.9. The third-order valence-electron chi connectivity index (χ3n) is 2.61. The van der Waals surface area contributed by atoms with Crippen LogP contribution in [0.5, 0.6) is 5.75 Å². The number of phenolic OH excluding ortho intramolecular Hbond substituents is 1. The molecule has 0 atom stereocenters. The van der Waals surface area contributed by atoms with Crippen LogP contribution in [0.1, 0.15) is 10.4 Å². The van der Waals surface area contributed by atoms with E-state index in [1.54, 1.807) is 12.1 Å². The van der Waals surface area contributed by atoms with E-state index in [1.165, 1.54) is 12.1 Å². The fourth-order valence-electron chi connectivity index (χ4n) is 1.64. The van der Waals surface area contributed by atoms with Crippen molar-refractivity contribution in [1.82, 2.24) is 10.2 Å². The Balaban J connectivity index is 1.92. The third kappa shape index (κ3) is 2.82. The van der Waals surface area contributed by atoms with Gasteiger partial charge in [0.25, 0.3) is 5.91 Å². The van der Waals surface area contributed by atoms with Crippen LogP contribution in [-0.2, 0) is 9.53 Å². The van der Waals surface area contributed by atoms with Gasteiger partial charge in [0.15, 0.2) is 6.61 Å². The molecule has 2 rings (SSSR count). The van der Waals surface area contributed by atoms with Crippen molar-refractivity contribution < 1.29 is 24.2 Å². The molecule has 0 radical (unpaired) electrons. The Morgan fingerprint density at radius 1 is 1.37 bits per heavy atom. The molecule has 2 N–H and O–H groups in total. The minimum atomic E-state index is -0.814. The molecule has 0 aromatic heterocycles. The third-order valence-corrected chi connectivity index (χ3v) is 2.61. The highest BCUT2D eigenvalue weighted by Gasteiger charge is 2.27. The Morgan fingerprint density at radius 3 is 2.74 bits per heavy atom. The van der Waals surface area contributed by atoms with Gasteiger partial charge < -0.3 is 15.2 Å². The van der Waals surface area contributed by atoms with E-state index in [2.05, 4.69) is 5.32 Å². The van der Waals surface area contributed by atoms with Crippen LogP contribution in [0, 0.1) is 0 Å². The molecule has 1 fully saturated rings. The zero-order chi connectivity index (χ0) is 13.8. The maximum Gasteiger partial charge on any atom is 0.342 e. The number of aromatic hydroxyl groups is 1. The van der Waals surface area contributed by atoms with Crippen molar-refractivity contribution in [2.75, 3.05) is 19.7 Å². The minimum Gasteiger partial charge on any atom is -0.507 e. The number of ether oxygens (including phenoxy) is 1. The van der Waals surface area contributed by atoms with Gasteiger partial charge in [-0.1, -0.05) is 12.1 Å². The van der Waals surface area contributed by atoms with Gasteiger partial charge in [-0.05, 0) is 12.1 Å². The quantitative estimate of drug-likeness (QED) is 0.755. The summed E-state index contributed by atoms with van der Waals surface area (Å²) in [6, 6.07) is 5.35. The number of carbonyl (C=O) groups excluding carboxylic acids is 3. The highest BCUT2D eigenvalue weighted by molar-refractivity contribution is 5.98. The normalized spacial score (nSPS) is 14.1. The molecular formula is C12H12N2O5. The van der Waals surface area contributed by atoms with E-state index in [4.69, 9.17) is 4.74 Å². The zero-order valence-corrected chi connectivity index (χ0v) is 9.96. The number of nitrogens with zero attached hydrogens (tertiary/aromatic N) is 1. The van der Waals surface area contributed by atoms with Crippen molar-refractivity contribution in [3.05, 3.63) is 29.8 Å². The summed E-state index contributed by atoms with van der Waals surface area (Å²) < 4.78 is 4.76. The molecule has 19 heavy (non-hydrogen) atoms. The van der Waals surface area contributed by atoms with E-state index >= 15 is 0 Å². The SMILES string of the molecule is O=C(OCC(=O)N1CCNC1=O)c1ccccc1O. The van der Waals surface area contributed by atoms with Crippen LogP contribution >= 0.6 is 0 Å². The lowest BCUT2D eigenvalue weighted by Crippen LogP contribution is -2.37. The molecule has 1 aromatic rings. The maximum absolute atomic E-state index is 11.6. The second kappa shape index (κ2) is 5.38. The lowest BCUT2D eigenvalue weighted by Gasteiger charge is -2.12. The van der Waals surface area contributed by atoms with Crippen LogP contribution in [0.2, 0.25) is 0 Å². The van der Waals surface area contributed by atoms with E-state index in [9.17, 15) is 19.5 Å². The fraction of sp³-hybridized carbons (Fsp3) is 0.250. The highest BCUT2D eigenvalue weighted by atomic mass is 16.5. The number of rotatable bonds is 3. The largest absolute Gasteiger partial charge is 0.507 e. The van der Waals surface area contributed by atoms with Gasteiger partial charge in [-0.2, -0.15) is 0 Å². The molecule has 0 bridgehead atoms. The Bertz CT molecular complexity index is 529. The first-order valence-electron chi connectivity index (χ1n) is 5.63. The Labute approximate surface area is 108 Å². The first-order chi connectivity index (χ1) is 9.09. The molecule has 1 heterocycles. The van der Waals surface area contributed by atoms with Crippen molar-refractivity contribution in [3.63, 3.8) is 0 Å². The number of para-hydroxylation sites is 1. The van der Waals surface area contributed by atoms with Crippen LogP contribution in [0.25, 0.3) is 0 Å². The lowest BCUT2D eigenvalue weighted by molar-refractivity contribution is -0.130. The first kappa shape index (κ1) is 12.9. The van der Waals surface area contributed by atoms with Crippen LogP contribution in [0.3, 0.4) is 0 Å². The molecule has 1 aliphatic rings. The van der Waals surface area contributed by atoms with E-state index in [0.29, 0.717) is 6.54 Å². The lowest BCUT2D eigenvalue weighted by atomic mass is 10.2.